The van der Waals surface area contributed by atoms with Gasteiger partial charge in [0, 0.05) is 10.0 Å². The molecule has 0 spiro atoms. The maximum absolute atomic E-state index is 9.42. The molecule has 6 heteroatoms. The normalized spacial score (nSPS) is 10.7. The largest absolute Gasteiger partial charge is 0.508 e. The standard InChI is InChI=1S/C12H7BrN2O2S/c13-9-4-5-18-10(9)12-14-11(15-17-12)7-2-1-3-8(16)6-7/h1-6,16H. The third-order valence-corrected chi connectivity index (χ3v) is 4.17. The second kappa shape index (κ2) is 4.55. The summed E-state index contributed by atoms with van der Waals surface area (Å²) in [6.07, 6.45) is 0. The Morgan fingerprint density at radius 2 is 2.17 bits per heavy atom. The Morgan fingerprint density at radius 1 is 1.28 bits per heavy atom. The van der Waals surface area contributed by atoms with Crippen LogP contribution in [0.1, 0.15) is 0 Å². The lowest BCUT2D eigenvalue weighted by atomic mass is 10.2. The van der Waals surface area contributed by atoms with Crippen molar-refractivity contribution in [2.24, 2.45) is 0 Å². The molecule has 0 unspecified atom stereocenters. The second-order valence-corrected chi connectivity index (χ2v) is 5.34. The average Bonchev–Trinajstić information content (AvgIpc) is 2.97. The Hall–Kier alpha value is -1.66. The summed E-state index contributed by atoms with van der Waals surface area (Å²) in [5.41, 5.74) is 0.720. The Kier molecular flexibility index (Phi) is 2.89. The number of halogens is 1. The van der Waals surface area contributed by atoms with Crippen LogP contribution in [0.2, 0.25) is 0 Å². The molecule has 90 valence electrons. The fourth-order valence-corrected chi connectivity index (χ4v) is 2.99. The van der Waals surface area contributed by atoms with Crippen LogP contribution in [0.15, 0.2) is 44.7 Å². The summed E-state index contributed by atoms with van der Waals surface area (Å²) in [7, 11) is 0. The van der Waals surface area contributed by atoms with Crippen molar-refractivity contribution in [1.82, 2.24) is 10.1 Å². The third-order valence-electron chi connectivity index (χ3n) is 2.34. The van der Waals surface area contributed by atoms with Crippen LogP contribution in [-0.2, 0) is 0 Å². The molecule has 1 N–H and O–H groups in total. The van der Waals surface area contributed by atoms with Crippen molar-refractivity contribution in [3.05, 3.63) is 40.2 Å². The predicted octanol–water partition coefficient (Wildman–Crippen LogP) is 3.93. The molecule has 0 aliphatic carbocycles. The molecule has 3 rings (SSSR count). The molecule has 0 amide bonds. The van der Waals surface area contributed by atoms with Gasteiger partial charge in [0.1, 0.15) is 10.6 Å². The fraction of sp³-hybridized carbons (Fsp3) is 0. The van der Waals surface area contributed by atoms with Gasteiger partial charge in [-0.15, -0.1) is 11.3 Å². The fourth-order valence-electron chi connectivity index (χ4n) is 1.52. The van der Waals surface area contributed by atoms with Gasteiger partial charge in [-0.3, -0.25) is 0 Å². The number of rotatable bonds is 2. The highest BCUT2D eigenvalue weighted by Gasteiger charge is 2.14. The molecule has 0 radical (unpaired) electrons. The minimum Gasteiger partial charge on any atom is -0.508 e. The smallest absolute Gasteiger partial charge is 0.269 e. The predicted molar refractivity (Wildman–Crippen MR) is 72.4 cm³/mol. The molecule has 0 aliphatic heterocycles. The number of hydrogen-bond donors (Lipinski definition) is 1. The molecular weight excluding hydrogens is 316 g/mol. The van der Waals surface area contributed by atoms with Crippen LogP contribution in [0.4, 0.5) is 0 Å². The van der Waals surface area contributed by atoms with Crippen LogP contribution >= 0.6 is 27.3 Å². The van der Waals surface area contributed by atoms with Gasteiger partial charge >= 0.3 is 0 Å². The van der Waals surface area contributed by atoms with Gasteiger partial charge < -0.3 is 9.63 Å². The number of thiophene rings is 1. The van der Waals surface area contributed by atoms with Crippen molar-refractivity contribution >= 4 is 27.3 Å². The number of aromatic hydroxyl groups is 1. The molecular formula is C12H7BrN2O2S. The summed E-state index contributed by atoms with van der Waals surface area (Å²) in [6, 6.07) is 8.68. The first-order valence-corrected chi connectivity index (χ1v) is 6.78. The van der Waals surface area contributed by atoms with Crippen LogP contribution in [0.3, 0.4) is 0 Å². The van der Waals surface area contributed by atoms with E-state index in [-0.39, 0.29) is 5.75 Å². The molecule has 3 aromatic rings. The molecule has 2 aromatic heterocycles. The van der Waals surface area contributed by atoms with Crippen molar-refractivity contribution in [2.45, 2.75) is 0 Å². The van der Waals surface area contributed by atoms with E-state index < -0.39 is 0 Å². The zero-order valence-corrected chi connectivity index (χ0v) is 11.4. The highest BCUT2D eigenvalue weighted by atomic mass is 79.9. The molecule has 0 aliphatic rings. The summed E-state index contributed by atoms with van der Waals surface area (Å²) in [5, 5.41) is 15.3. The Balaban J connectivity index is 2.02. The maximum atomic E-state index is 9.42. The van der Waals surface area contributed by atoms with E-state index in [4.69, 9.17) is 4.52 Å². The van der Waals surface area contributed by atoms with Gasteiger partial charge in [-0.2, -0.15) is 4.98 Å². The van der Waals surface area contributed by atoms with E-state index in [1.165, 1.54) is 11.3 Å². The van der Waals surface area contributed by atoms with Crippen molar-refractivity contribution in [1.29, 1.82) is 0 Å². The van der Waals surface area contributed by atoms with Gasteiger partial charge in [-0.25, -0.2) is 0 Å². The number of nitrogens with zero attached hydrogens (tertiary/aromatic N) is 2. The monoisotopic (exact) mass is 322 g/mol. The molecule has 2 heterocycles. The minimum absolute atomic E-state index is 0.177. The number of phenols is 1. The first-order valence-electron chi connectivity index (χ1n) is 5.10. The average molecular weight is 323 g/mol. The highest BCUT2D eigenvalue weighted by Crippen LogP contribution is 2.33. The van der Waals surface area contributed by atoms with Gasteiger partial charge in [0.2, 0.25) is 5.82 Å². The lowest BCUT2D eigenvalue weighted by molar-refractivity contribution is 0.433. The van der Waals surface area contributed by atoms with Crippen molar-refractivity contribution in [3.63, 3.8) is 0 Å². The number of benzene rings is 1. The van der Waals surface area contributed by atoms with Crippen LogP contribution < -0.4 is 0 Å². The van der Waals surface area contributed by atoms with Crippen LogP contribution in [0.5, 0.6) is 5.75 Å². The SMILES string of the molecule is Oc1cccc(-c2noc(-c3sccc3Br)n2)c1. The molecule has 0 saturated carbocycles. The first-order chi connectivity index (χ1) is 8.74. The topological polar surface area (TPSA) is 59.2 Å². The van der Waals surface area contributed by atoms with Crippen LogP contribution in [0.25, 0.3) is 22.2 Å². The van der Waals surface area contributed by atoms with Gasteiger partial charge in [0.05, 0.1) is 0 Å². The Bertz CT molecular complexity index is 693. The van der Waals surface area contributed by atoms with Crippen molar-refractivity contribution in [3.8, 4) is 27.9 Å². The van der Waals surface area contributed by atoms with Gasteiger partial charge in [0.15, 0.2) is 0 Å². The molecule has 18 heavy (non-hydrogen) atoms. The number of phenolic OH excluding ortho intramolecular Hbond substituents is 1. The first kappa shape index (κ1) is 11.4. The summed E-state index contributed by atoms with van der Waals surface area (Å²) in [5.74, 6) is 1.10. The molecule has 0 bridgehead atoms. The van der Waals surface area contributed by atoms with Crippen LogP contribution in [0, 0.1) is 0 Å². The van der Waals surface area contributed by atoms with E-state index in [1.807, 2.05) is 17.5 Å². The summed E-state index contributed by atoms with van der Waals surface area (Å²) < 4.78 is 6.15. The van der Waals surface area contributed by atoms with Crippen molar-refractivity contribution in [2.75, 3.05) is 0 Å². The lowest BCUT2D eigenvalue weighted by Crippen LogP contribution is -1.80. The second-order valence-electron chi connectivity index (χ2n) is 3.57. The van der Waals surface area contributed by atoms with E-state index in [0.29, 0.717) is 11.7 Å². The van der Waals surface area contributed by atoms with Gasteiger partial charge in [-0.05, 0) is 39.5 Å². The van der Waals surface area contributed by atoms with Crippen molar-refractivity contribution < 1.29 is 9.63 Å². The van der Waals surface area contributed by atoms with Gasteiger partial charge in [0.25, 0.3) is 5.89 Å². The van der Waals surface area contributed by atoms with E-state index in [0.717, 1.165) is 14.9 Å². The summed E-state index contributed by atoms with van der Waals surface area (Å²) in [6.45, 7) is 0. The minimum atomic E-state index is 0.177. The summed E-state index contributed by atoms with van der Waals surface area (Å²) >= 11 is 4.94. The summed E-state index contributed by atoms with van der Waals surface area (Å²) in [4.78, 5) is 5.21. The molecule has 0 atom stereocenters. The molecule has 0 fully saturated rings. The number of aromatic nitrogens is 2. The maximum Gasteiger partial charge on any atom is 0.269 e. The molecule has 0 saturated heterocycles. The zero-order valence-electron chi connectivity index (χ0n) is 9.00. The highest BCUT2D eigenvalue weighted by molar-refractivity contribution is 9.10. The van der Waals surface area contributed by atoms with E-state index >= 15 is 0 Å². The van der Waals surface area contributed by atoms with E-state index in [9.17, 15) is 5.11 Å². The lowest BCUT2D eigenvalue weighted by Gasteiger charge is -1.94. The van der Waals surface area contributed by atoms with Crippen LogP contribution in [-0.4, -0.2) is 15.2 Å². The molecule has 4 nitrogen and oxygen atoms in total. The quantitative estimate of drug-likeness (QED) is 0.776. The van der Waals surface area contributed by atoms with E-state index in [2.05, 4.69) is 26.1 Å². The van der Waals surface area contributed by atoms with Gasteiger partial charge in [-0.1, -0.05) is 17.3 Å². The third kappa shape index (κ3) is 2.04. The molecule has 1 aromatic carbocycles. The van der Waals surface area contributed by atoms with E-state index in [1.54, 1.807) is 18.2 Å². The zero-order chi connectivity index (χ0) is 12.5. The Morgan fingerprint density at radius 3 is 2.89 bits per heavy atom. The number of hydrogen-bond acceptors (Lipinski definition) is 5. The Labute approximate surface area is 115 Å².